The van der Waals surface area contributed by atoms with Crippen LogP contribution < -0.4 is 0 Å². The van der Waals surface area contributed by atoms with E-state index in [1.165, 1.54) is 64.2 Å². The molecule has 6 nitrogen and oxygen atoms in total. The van der Waals surface area contributed by atoms with E-state index in [9.17, 15) is 4.57 Å². The third-order valence-corrected chi connectivity index (χ3v) is 11.0. The number of hydrogen-bond acceptors (Lipinski definition) is 6. The Labute approximate surface area is 281 Å². The van der Waals surface area contributed by atoms with Gasteiger partial charge in [0.1, 0.15) is 13.2 Å². The molecule has 0 bridgehead atoms. The Kier molecular flexibility index (Phi) is 28.9. The minimum atomic E-state index is -1.83. The smallest absolute Gasteiger partial charge is 0.346 e. The molecule has 0 unspecified atom stereocenters. The molecule has 1 radical (unpaired) electrons. The van der Waals surface area contributed by atoms with E-state index in [1.807, 2.05) is 24.3 Å². The Morgan fingerprint density at radius 2 is 1.10 bits per heavy atom. The molecule has 1 aromatic carbocycles. The van der Waals surface area contributed by atoms with Crippen molar-refractivity contribution in [1.82, 2.24) is 9.34 Å². The molecule has 0 aliphatic heterocycles. The van der Waals surface area contributed by atoms with Gasteiger partial charge in [-0.25, -0.2) is 0 Å². The molecular formula is C33H63N3O3P2Zr+3. The number of nitrogens with zero attached hydrogens (tertiary/aromatic N) is 2. The zero-order valence-electron chi connectivity index (χ0n) is 28.6. The maximum atomic E-state index is 10.3. The predicted molar refractivity (Wildman–Crippen MR) is 180 cm³/mol. The Hall–Kier alpha value is 0.143. The zero-order chi connectivity index (χ0) is 31.2. The van der Waals surface area contributed by atoms with Gasteiger partial charge >= 0.3 is 34.5 Å². The molecule has 1 aromatic rings. The van der Waals surface area contributed by atoms with Crippen LogP contribution in [0.1, 0.15) is 139 Å². The maximum Gasteiger partial charge on any atom is 3.00 e. The summed E-state index contributed by atoms with van der Waals surface area (Å²) in [5, 5.41) is 8.94. The van der Waals surface area contributed by atoms with Crippen LogP contribution in [0.25, 0.3) is 0 Å². The SMILES string of the molecule is C1CCCC1.C1CCCC1.CC(C)N(C(C)C)P(C(=N)c1[c-]cccc1)N(C(C)C)C(C)C.CCO[P+](=O)OCC.[Zr+3]. The van der Waals surface area contributed by atoms with Gasteiger partial charge in [0.25, 0.3) is 0 Å². The van der Waals surface area contributed by atoms with Gasteiger partial charge in [-0.15, -0.1) is 44.9 Å². The summed E-state index contributed by atoms with van der Waals surface area (Å²) < 4.78 is 24.5. The van der Waals surface area contributed by atoms with Gasteiger partial charge in [0, 0.05) is 42.4 Å². The molecule has 1 N–H and O–H groups in total. The zero-order valence-corrected chi connectivity index (χ0v) is 32.9. The molecule has 0 atom stereocenters. The van der Waals surface area contributed by atoms with Gasteiger partial charge in [0.05, 0.1) is 0 Å². The fourth-order valence-electron chi connectivity index (χ4n) is 5.08. The second-order valence-corrected chi connectivity index (χ2v) is 14.6. The van der Waals surface area contributed by atoms with Gasteiger partial charge in [-0.1, -0.05) is 64.2 Å². The van der Waals surface area contributed by atoms with Crippen molar-refractivity contribution in [2.45, 2.75) is 158 Å². The average molecular weight is 703 g/mol. The Balaban J connectivity index is 0. The van der Waals surface area contributed by atoms with Crippen molar-refractivity contribution < 1.29 is 39.8 Å². The summed E-state index contributed by atoms with van der Waals surface area (Å²) >= 11 is 0. The number of benzene rings is 1. The normalized spacial score (nSPS) is 14.4. The monoisotopic (exact) mass is 701 g/mol. The topological polar surface area (TPSA) is 65.9 Å². The van der Waals surface area contributed by atoms with Crippen molar-refractivity contribution in [1.29, 1.82) is 5.41 Å². The van der Waals surface area contributed by atoms with Crippen molar-refractivity contribution in [3.8, 4) is 0 Å². The van der Waals surface area contributed by atoms with Crippen molar-refractivity contribution in [3.05, 3.63) is 35.9 Å². The van der Waals surface area contributed by atoms with Gasteiger partial charge in [0.15, 0.2) is 0 Å². The van der Waals surface area contributed by atoms with E-state index >= 15 is 0 Å². The molecule has 0 heterocycles. The van der Waals surface area contributed by atoms with Crippen LogP contribution in [0.4, 0.5) is 0 Å². The molecule has 2 aliphatic carbocycles. The first kappa shape index (κ1) is 44.3. The Morgan fingerprint density at radius 1 is 0.762 bits per heavy atom. The van der Waals surface area contributed by atoms with E-state index in [0.29, 0.717) is 42.8 Å². The second kappa shape index (κ2) is 27.5. The van der Waals surface area contributed by atoms with Crippen LogP contribution in [0.5, 0.6) is 0 Å². The van der Waals surface area contributed by atoms with E-state index in [0.717, 1.165) is 5.56 Å². The van der Waals surface area contributed by atoms with Crippen LogP contribution in [0, 0.1) is 11.5 Å². The molecule has 2 fully saturated rings. The van der Waals surface area contributed by atoms with Crippen LogP contribution in [0.15, 0.2) is 24.3 Å². The average Bonchev–Trinajstić information content (AvgIpc) is 3.68. The van der Waals surface area contributed by atoms with Gasteiger partial charge < -0.3 is 5.41 Å². The summed E-state index contributed by atoms with van der Waals surface area (Å²) in [5.41, 5.74) is 1.61. The minimum absolute atomic E-state index is 0. The Morgan fingerprint density at radius 3 is 1.33 bits per heavy atom. The molecule has 0 spiro atoms. The van der Waals surface area contributed by atoms with Gasteiger partial charge in [-0.2, -0.15) is 0 Å². The molecule has 9 heteroatoms. The molecule has 42 heavy (non-hydrogen) atoms. The van der Waals surface area contributed by atoms with Gasteiger partial charge in [-0.05, 0) is 69.2 Å². The number of hydrogen-bond donors (Lipinski definition) is 1. The molecular weight excluding hydrogens is 640 g/mol. The van der Waals surface area contributed by atoms with Crippen molar-refractivity contribution in [2.24, 2.45) is 0 Å². The van der Waals surface area contributed by atoms with Crippen molar-refractivity contribution in [3.63, 3.8) is 0 Å². The standard InChI is InChI=1S/C19H33N3P.2C5H10.C4H10O3P.Zr/c1-14(2)21(15(3)4)23(22(16(5)6)17(7)8)19(20)18-12-10-9-11-13-18;2*1-2-4-5-3-1;1-3-6-8(5)7-4-2;/h9-12,14-17,20H,1-8H3;2*1-5H2;3-4H2,1-2H3;/q-1;;;+1;+3. The first-order valence-corrected chi connectivity index (χ1v) is 18.5. The molecule has 0 aromatic heterocycles. The van der Waals surface area contributed by atoms with Crippen LogP contribution in [0.2, 0.25) is 0 Å². The van der Waals surface area contributed by atoms with Gasteiger partial charge in [0.2, 0.25) is 0 Å². The van der Waals surface area contributed by atoms with E-state index in [-0.39, 0.29) is 26.2 Å². The van der Waals surface area contributed by atoms with E-state index in [2.05, 4.69) is 79.8 Å². The van der Waals surface area contributed by atoms with E-state index < -0.39 is 16.5 Å². The third kappa shape index (κ3) is 19.5. The summed E-state index contributed by atoms with van der Waals surface area (Å²) in [6.07, 6.45) is 15.0. The maximum absolute atomic E-state index is 10.3. The first-order chi connectivity index (χ1) is 19.5. The van der Waals surface area contributed by atoms with E-state index in [4.69, 9.17) is 5.41 Å². The number of rotatable bonds is 12. The second-order valence-electron chi connectivity index (χ2n) is 11.6. The predicted octanol–water partition coefficient (Wildman–Crippen LogP) is 11.0. The minimum Gasteiger partial charge on any atom is -0.346 e. The van der Waals surface area contributed by atoms with Crippen molar-refractivity contribution in [2.75, 3.05) is 13.2 Å². The molecule has 239 valence electrons. The summed E-state index contributed by atoms with van der Waals surface area (Å²) in [5.74, 6) is 0. The quantitative estimate of drug-likeness (QED) is 0.133. The molecule has 2 saturated carbocycles. The fraction of sp³-hybridized carbons (Fsp3) is 0.788. The Bertz CT molecular complexity index is 721. The molecule has 0 saturated heterocycles. The largest absolute Gasteiger partial charge is 3.00 e. The summed E-state index contributed by atoms with van der Waals surface area (Å²) in [7, 11) is -2.69. The van der Waals surface area contributed by atoms with Crippen molar-refractivity contribution >= 4 is 21.9 Å². The molecule has 2 aliphatic rings. The van der Waals surface area contributed by atoms with Crippen LogP contribution >= 0.6 is 16.5 Å². The third-order valence-electron chi connectivity index (χ3n) is 6.69. The number of nitrogens with one attached hydrogen (secondary N) is 1. The first-order valence-electron chi connectivity index (χ1n) is 16.1. The summed E-state index contributed by atoms with van der Waals surface area (Å²) in [6, 6.07) is 12.7. The molecule has 0 amide bonds. The fourth-order valence-corrected chi connectivity index (χ4v) is 8.38. The van der Waals surface area contributed by atoms with Crippen LogP contribution in [-0.4, -0.2) is 52.2 Å². The van der Waals surface area contributed by atoms with E-state index in [1.54, 1.807) is 13.8 Å². The van der Waals surface area contributed by atoms with Crippen LogP contribution in [0.3, 0.4) is 0 Å². The summed E-state index contributed by atoms with van der Waals surface area (Å²) in [4.78, 5) is 0. The molecule has 3 rings (SSSR count). The van der Waals surface area contributed by atoms with Crippen LogP contribution in [-0.2, 0) is 39.8 Å². The summed E-state index contributed by atoms with van der Waals surface area (Å²) in [6.45, 7) is 22.3. The van der Waals surface area contributed by atoms with Gasteiger partial charge in [-0.3, -0.25) is 9.34 Å².